The van der Waals surface area contributed by atoms with Crippen LogP contribution in [0.4, 0.5) is 17.2 Å². The molecular formula is C21H27N5O4. The number of nitrogens with one attached hydrogen (secondary N) is 1. The number of aromatic nitrogens is 2. The SMILES string of the molecule is CC(C)Cn1c(N)c(C(=O)CNc2ccccc2N2CCCC2=O)c(=O)n(C)c1=O. The first kappa shape index (κ1) is 21.4. The lowest BCUT2D eigenvalue weighted by molar-refractivity contribution is -0.117. The second-order valence-corrected chi connectivity index (χ2v) is 7.85. The number of hydrogen-bond donors (Lipinski definition) is 2. The van der Waals surface area contributed by atoms with E-state index in [-0.39, 0.29) is 29.8 Å². The molecule has 1 amide bonds. The van der Waals surface area contributed by atoms with E-state index in [9.17, 15) is 19.2 Å². The van der Waals surface area contributed by atoms with Crippen molar-refractivity contribution in [2.75, 3.05) is 29.0 Å². The van der Waals surface area contributed by atoms with E-state index in [0.717, 1.165) is 11.0 Å². The molecule has 2 aromatic rings. The topological polar surface area (TPSA) is 119 Å². The van der Waals surface area contributed by atoms with Crippen molar-refractivity contribution in [3.63, 3.8) is 0 Å². The van der Waals surface area contributed by atoms with Gasteiger partial charge in [0.25, 0.3) is 5.56 Å². The third-order valence-electron chi connectivity index (χ3n) is 5.12. The second-order valence-electron chi connectivity index (χ2n) is 7.85. The molecule has 1 saturated heterocycles. The number of carbonyl (C=O) groups excluding carboxylic acids is 2. The molecule has 1 aromatic heterocycles. The molecule has 0 atom stereocenters. The molecule has 30 heavy (non-hydrogen) atoms. The zero-order valence-corrected chi connectivity index (χ0v) is 17.5. The highest BCUT2D eigenvalue weighted by Gasteiger charge is 2.25. The summed E-state index contributed by atoms with van der Waals surface area (Å²) in [5, 5.41) is 3.02. The molecule has 0 radical (unpaired) electrons. The van der Waals surface area contributed by atoms with E-state index < -0.39 is 17.0 Å². The molecule has 3 rings (SSSR count). The van der Waals surface area contributed by atoms with Crippen molar-refractivity contribution in [2.45, 2.75) is 33.2 Å². The Hall–Kier alpha value is -3.36. The van der Waals surface area contributed by atoms with E-state index >= 15 is 0 Å². The first-order chi connectivity index (χ1) is 14.2. The number of hydrogen-bond acceptors (Lipinski definition) is 6. The number of benzene rings is 1. The van der Waals surface area contributed by atoms with Crippen molar-refractivity contribution >= 4 is 28.9 Å². The summed E-state index contributed by atoms with van der Waals surface area (Å²) in [7, 11) is 1.33. The Morgan fingerprint density at radius 3 is 2.53 bits per heavy atom. The van der Waals surface area contributed by atoms with Gasteiger partial charge in [0, 0.05) is 26.6 Å². The van der Waals surface area contributed by atoms with Crippen LogP contribution in [0.3, 0.4) is 0 Å². The maximum absolute atomic E-state index is 12.9. The molecule has 0 bridgehead atoms. The van der Waals surface area contributed by atoms with Gasteiger partial charge in [-0.1, -0.05) is 26.0 Å². The van der Waals surface area contributed by atoms with Crippen molar-refractivity contribution in [3.05, 3.63) is 50.7 Å². The van der Waals surface area contributed by atoms with Crippen LogP contribution in [-0.2, 0) is 18.4 Å². The maximum atomic E-state index is 12.9. The number of rotatable bonds is 7. The minimum absolute atomic E-state index is 0.0365. The quantitative estimate of drug-likeness (QED) is 0.659. The summed E-state index contributed by atoms with van der Waals surface area (Å²) in [6.45, 7) is 4.55. The van der Waals surface area contributed by atoms with E-state index in [4.69, 9.17) is 5.73 Å². The third kappa shape index (κ3) is 4.00. The van der Waals surface area contributed by atoms with Gasteiger partial charge in [-0.15, -0.1) is 0 Å². The fraction of sp³-hybridized carbons (Fsp3) is 0.429. The lowest BCUT2D eigenvalue weighted by Gasteiger charge is -2.20. The average molecular weight is 413 g/mol. The molecule has 3 N–H and O–H groups in total. The van der Waals surface area contributed by atoms with Gasteiger partial charge in [-0.3, -0.25) is 23.5 Å². The van der Waals surface area contributed by atoms with Crippen molar-refractivity contribution in [3.8, 4) is 0 Å². The average Bonchev–Trinajstić information content (AvgIpc) is 3.14. The number of ketones is 1. The van der Waals surface area contributed by atoms with E-state index in [1.54, 1.807) is 17.0 Å². The van der Waals surface area contributed by atoms with Crippen LogP contribution in [0.2, 0.25) is 0 Å². The Labute approximate surface area is 174 Å². The molecule has 1 aliphatic heterocycles. The van der Waals surface area contributed by atoms with Crippen molar-refractivity contribution < 1.29 is 9.59 Å². The van der Waals surface area contributed by atoms with Gasteiger partial charge in [0.1, 0.15) is 11.4 Å². The Bertz CT molecular complexity index is 1100. The lowest BCUT2D eigenvalue weighted by Crippen LogP contribution is -2.43. The number of Topliss-reactive ketones (excluding diaryl/α,β-unsaturated/α-hetero) is 1. The molecule has 1 fully saturated rings. The third-order valence-corrected chi connectivity index (χ3v) is 5.12. The Morgan fingerprint density at radius 2 is 1.90 bits per heavy atom. The van der Waals surface area contributed by atoms with Gasteiger partial charge in [-0.05, 0) is 24.5 Å². The lowest BCUT2D eigenvalue weighted by atomic mass is 10.1. The number of nitrogen functional groups attached to an aromatic ring is 1. The summed E-state index contributed by atoms with van der Waals surface area (Å²) in [6.07, 6.45) is 1.29. The van der Waals surface area contributed by atoms with E-state index in [1.807, 2.05) is 26.0 Å². The zero-order chi connectivity index (χ0) is 22.0. The number of carbonyl (C=O) groups is 2. The largest absolute Gasteiger partial charge is 0.384 e. The molecule has 160 valence electrons. The molecule has 0 saturated carbocycles. The summed E-state index contributed by atoms with van der Waals surface area (Å²) in [5.41, 5.74) is 5.91. The Kier molecular flexibility index (Phi) is 6.09. The minimum Gasteiger partial charge on any atom is -0.384 e. The first-order valence-electron chi connectivity index (χ1n) is 9.98. The van der Waals surface area contributed by atoms with Crippen LogP contribution in [0.5, 0.6) is 0 Å². The predicted molar refractivity (Wildman–Crippen MR) is 116 cm³/mol. The predicted octanol–water partition coefficient (Wildman–Crippen LogP) is 1.21. The second kappa shape index (κ2) is 8.56. The number of nitrogens with two attached hydrogens (primary N) is 1. The highest BCUT2D eigenvalue weighted by Crippen LogP contribution is 2.29. The van der Waals surface area contributed by atoms with Crippen LogP contribution in [0, 0.1) is 5.92 Å². The summed E-state index contributed by atoms with van der Waals surface area (Å²) >= 11 is 0. The molecule has 2 heterocycles. The summed E-state index contributed by atoms with van der Waals surface area (Å²) < 4.78 is 2.17. The molecule has 1 aromatic carbocycles. The number of para-hydroxylation sites is 2. The smallest absolute Gasteiger partial charge is 0.332 e. The van der Waals surface area contributed by atoms with Crippen LogP contribution < -0.4 is 27.2 Å². The van der Waals surface area contributed by atoms with Crippen molar-refractivity contribution in [2.24, 2.45) is 13.0 Å². The maximum Gasteiger partial charge on any atom is 0.332 e. The van der Waals surface area contributed by atoms with Crippen LogP contribution in [0.1, 0.15) is 37.0 Å². The van der Waals surface area contributed by atoms with Gasteiger partial charge < -0.3 is 16.0 Å². The number of nitrogens with zero attached hydrogens (tertiary/aromatic N) is 3. The Balaban J connectivity index is 1.90. The zero-order valence-electron chi connectivity index (χ0n) is 17.5. The van der Waals surface area contributed by atoms with Crippen molar-refractivity contribution in [1.29, 1.82) is 0 Å². The van der Waals surface area contributed by atoms with Gasteiger partial charge in [-0.2, -0.15) is 0 Å². The normalized spacial score (nSPS) is 13.9. The van der Waals surface area contributed by atoms with E-state index in [0.29, 0.717) is 30.9 Å². The summed E-state index contributed by atoms with van der Waals surface area (Å²) in [6, 6.07) is 7.21. The van der Waals surface area contributed by atoms with Crippen LogP contribution >= 0.6 is 0 Å². The molecule has 9 heteroatoms. The molecular weight excluding hydrogens is 386 g/mol. The molecule has 0 unspecified atom stereocenters. The highest BCUT2D eigenvalue weighted by atomic mass is 16.2. The Morgan fingerprint density at radius 1 is 1.20 bits per heavy atom. The molecule has 0 aliphatic carbocycles. The van der Waals surface area contributed by atoms with E-state index in [2.05, 4.69) is 5.32 Å². The summed E-state index contributed by atoms with van der Waals surface area (Å²) in [4.78, 5) is 51.7. The van der Waals surface area contributed by atoms with Gasteiger partial charge in [0.05, 0.1) is 17.9 Å². The van der Waals surface area contributed by atoms with Crippen LogP contribution in [-0.4, -0.2) is 33.9 Å². The van der Waals surface area contributed by atoms with Crippen molar-refractivity contribution in [1.82, 2.24) is 9.13 Å². The fourth-order valence-electron chi connectivity index (χ4n) is 3.61. The highest BCUT2D eigenvalue weighted by molar-refractivity contribution is 6.03. The van der Waals surface area contributed by atoms with Gasteiger partial charge in [0.2, 0.25) is 5.91 Å². The van der Waals surface area contributed by atoms with Gasteiger partial charge in [0.15, 0.2) is 5.78 Å². The van der Waals surface area contributed by atoms with Crippen LogP contribution in [0.25, 0.3) is 0 Å². The fourth-order valence-corrected chi connectivity index (χ4v) is 3.61. The number of anilines is 3. The standard InChI is InChI=1S/C21H27N5O4/c1-13(2)12-26-19(22)18(20(29)24(3)21(26)30)16(27)11-23-14-7-4-5-8-15(14)25-10-6-9-17(25)28/h4-5,7-8,13,23H,6,9-12,22H2,1-3H3. The minimum atomic E-state index is -0.715. The first-order valence-corrected chi connectivity index (χ1v) is 9.98. The number of amides is 1. The molecule has 9 nitrogen and oxygen atoms in total. The van der Waals surface area contributed by atoms with E-state index in [1.165, 1.54) is 11.6 Å². The van der Waals surface area contributed by atoms with Gasteiger partial charge in [-0.25, -0.2) is 4.79 Å². The molecule has 0 spiro atoms. The van der Waals surface area contributed by atoms with Gasteiger partial charge >= 0.3 is 5.69 Å². The summed E-state index contributed by atoms with van der Waals surface area (Å²) in [5.74, 6) is -0.498. The monoisotopic (exact) mass is 413 g/mol. The van der Waals surface area contributed by atoms with Crippen LogP contribution in [0.15, 0.2) is 33.9 Å². The molecule has 1 aliphatic rings.